The number of carbonyl (C=O) groups excluding carboxylic acids is 1. The maximum Gasteiger partial charge on any atom is 0.308 e. The van der Waals surface area contributed by atoms with E-state index in [2.05, 4.69) is 27.9 Å². The van der Waals surface area contributed by atoms with Crippen molar-refractivity contribution in [2.75, 3.05) is 31.1 Å². The van der Waals surface area contributed by atoms with E-state index in [9.17, 15) is 14.7 Å². The molecule has 1 saturated heterocycles. The Kier molecular flexibility index (Phi) is 8.51. The Morgan fingerprint density at radius 3 is 2.79 bits per heavy atom. The third-order valence-corrected chi connectivity index (χ3v) is 7.93. The summed E-state index contributed by atoms with van der Waals surface area (Å²) in [6, 6.07) is 15.3. The molecular weight excluding hydrogens is 492 g/mol. The van der Waals surface area contributed by atoms with E-state index in [-0.39, 0.29) is 24.4 Å². The van der Waals surface area contributed by atoms with Gasteiger partial charge in [0.25, 0.3) is 0 Å². The van der Waals surface area contributed by atoms with Gasteiger partial charge in [-0.05, 0) is 60.7 Å². The number of nitrogens with zero attached hydrogens (tertiary/aromatic N) is 4. The van der Waals surface area contributed by atoms with Crippen molar-refractivity contribution in [1.82, 2.24) is 14.9 Å². The minimum atomic E-state index is -0.826. The topological polar surface area (TPSA) is 95.9 Å². The second kappa shape index (κ2) is 12.4. The van der Waals surface area contributed by atoms with E-state index in [1.54, 1.807) is 23.5 Å². The van der Waals surface area contributed by atoms with E-state index in [0.29, 0.717) is 32.5 Å². The molecule has 1 amide bonds. The average Bonchev–Trinajstić information content (AvgIpc) is 3.57. The summed E-state index contributed by atoms with van der Waals surface area (Å²) in [6.45, 7) is 4.01. The van der Waals surface area contributed by atoms with Crippen LogP contribution in [0.2, 0.25) is 0 Å². The van der Waals surface area contributed by atoms with Gasteiger partial charge >= 0.3 is 5.97 Å². The van der Waals surface area contributed by atoms with Gasteiger partial charge < -0.3 is 14.7 Å². The predicted molar refractivity (Wildman–Crippen MR) is 149 cm³/mol. The number of fused-ring (bicyclic) bond motifs is 1. The van der Waals surface area contributed by atoms with Gasteiger partial charge in [-0.15, -0.1) is 0 Å². The maximum atomic E-state index is 13.8. The van der Waals surface area contributed by atoms with Gasteiger partial charge in [0.05, 0.1) is 31.0 Å². The summed E-state index contributed by atoms with van der Waals surface area (Å²) in [6.07, 6.45) is 9.09. The van der Waals surface area contributed by atoms with Crippen LogP contribution in [-0.2, 0) is 22.4 Å². The van der Waals surface area contributed by atoms with Crippen LogP contribution in [0.25, 0.3) is 0 Å². The third-order valence-electron chi connectivity index (χ3n) is 7.93. The number of hydrogen-bond acceptors (Lipinski definition) is 6. The molecule has 2 aliphatic heterocycles. The molecule has 3 aromatic rings. The molecule has 5 rings (SSSR count). The van der Waals surface area contributed by atoms with Crippen LogP contribution < -0.4 is 9.64 Å². The van der Waals surface area contributed by atoms with E-state index in [1.807, 2.05) is 42.5 Å². The Morgan fingerprint density at radius 1 is 1.15 bits per heavy atom. The normalized spacial score (nSPS) is 20.4. The number of pyridine rings is 2. The molecule has 4 heterocycles. The fourth-order valence-electron chi connectivity index (χ4n) is 5.96. The Balaban J connectivity index is 1.43. The minimum absolute atomic E-state index is 0.0357. The van der Waals surface area contributed by atoms with Gasteiger partial charge in [-0.1, -0.05) is 31.5 Å². The highest BCUT2D eigenvalue weighted by atomic mass is 16.5. The number of hydrogen-bond donors (Lipinski definition) is 1. The molecule has 1 N–H and O–H groups in total. The molecule has 0 radical (unpaired) electrons. The summed E-state index contributed by atoms with van der Waals surface area (Å²) in [5.74, 6) is -0.841. The van der Waals surface area contributed by atoms with Crippen LogP contribution in [0.4, 0.5) is 5.69 Å². The van der Waals surface area contributed by atoms with Gasteiger partial charge in [0.2, 0.25) is 5.91 Å². The SMILES string of the molecule is CCCCN(C(=O)CN1C[C@H](c2ccc3c(c2)CCO3)[C@@H](C(=O)O)[C@@H]1CCc1ccccn1)c1cccnc1. The van der Waals surface area contributed by atoms with Crippen LogP contribution in [0.1, 0.15) is 48.9 Å². The van der Waals surface area contributed by atoms with Gasteiger partial charge in [0, 0.05) is 49.6 Å². The first-order chi connectivity index (χ1) is 19.0. The molecule has 2 aliphatic rings. The number of benzene rings is 1. The highest BCUT2D eigenvalue weighted by Crippen LogP contribution is 2.41. The number of amides is 1. The number of rotatable bonds is 11. The van der Waals surface area contributed by atoms with Crippen LogP contribution in [0.5, 0.6) is 5.75 Å². The number of unbranched alkanes of at least 4 members (excludes halogenated alkanes) is 1. The molecule has 2 aromatic heterocycles. The van der Waals surface area contributed by atoms with E-state index in [1.165, 1.54) is 0 Å². The standard InChI is InChI=1S/C31H36N4O4/c1-2-3-16-35(25-8-6-14-32-19-25)29(36)21-34-20-26(22-9-12-28-23(18-22)13-17-39-28)30(31(37)38)27(34)11-10-24-7-4-5-15-33-24/h4-9,12,14-15,18-19,26-27,30H,2-3,10-11,13,16-17,20-21H2,1H3,(H,37,38)/t26-,27+,30-/m1/s1. The zero-order chi connectivity index (χ0) is 27.2. The first kappa shape index (κ1) is 26.8. The van der Waals surface area contributed by atoms with E-state index >= 15 is 0 Å². The average molecular weight is 529 g/mol. The molecule has 0 bridgehead atoms. The number of aliphatic carboxylic acids is 1. The fourth-order valence-corrected chi connectivity index (χ4v) is 5.96. The van der Waals surface area contributed by atoms with Crippen LogP contribution in [0.15, 0.2) is 67.1 Å². The molecule has 1 fully saturated rings. The molecular formula is C31H36N4O4. The number of anilines is 1. The lowest BCUT2D eigenvalue weighted by atomic mass is 9.83. The van der Waals surface area contributed by atoms with Crippen molar-refractivity contribution in [2.24, 2.45) is 5.92 Å². The first-order valence-corrected chi connectivity index (χ1v) is 13.9. The molecule has 0 saturated carbocycles. The van der Waals surface area contributed by atoms with Gasteiger partial charge in [0.15, 0.2) is 0 Å². The third kappa shape index (κ3) is 6.11. The first-order valence-electron chi connectivity index (χ1n) is 13.9. The minimum Gasteiger partial charge on any atom is -0.493 e. The highest BCUT2D eigenvalue weighted by Gasteiger charge is 2.47. The maximum absolute atomic E-state index is 13.8. The van der Waals surface area contributed by atoms with Gasteiger partial charge in [0.1, 0.15) is 5.75 Å². The Labute approximate surface area is 229 Å². The molecule has 8 heteroatoms. The van der Waals surface area contributed by atoms with Crippen LogP contribution in [0.3, 0.4) is 0 Å². The van der Waals surface area contributed by atoms with E-state index in [0.717, 1.165) is 47.5 Å². The summed E-state index contributed by atoms with van der Waals surface area (Å²) in [5.41, 5.74) is 3.81. The quantitative estimate of drug-likeness (QED) is 0.395. The van der Waals surface area contributed by atoms with Gasteiger partial charge in [-0.2, -0.15) is 0 Å². The van der Waals surface area contributed by atoms with Gasteiger partial charge in [-0.3, -0.25) is 24.5 Å². The summed E-state index contributed by atoms with van der Waals surface area (Å²) in [5, 5.41) is 10.5. The number of aryl methyl sites for hydroxylation is 1. The Hall–Kier alpha value is -3.78. The smallest absolute Gasteiger partial charge is 0.308 e. The largest absolute Gasteiger partial charge is 0.493 e. The summed E-state index contributed by atoms with van der Waals surface area (Å²) in [4.78, 5) is 39.1. The zero-order valence-electron chi connectivity index (χ0n) is 22.4. The molecule has 0 unspecified atom stereocenters. The van der Waals surface area contributed by atoms with Crippen molar-refractivity contribution < 1.29 is 19.4 Å². The van der Waals surface area contributed by atoms with Crippen molar-refractivity contribution in [3.63, 3.8) is 0 Å². The second-order valence-corrected chi connectivity index (χ2v) is 10.4. The van der Waals surface area contributed by atoms with E-state index < -0.39 is 11.9 Å². The van der Waals surface area contributed by atoms with Crippen LogP contribution in [-0.4, -0.2) is 64.1 Å². The molecule has 39 heavy (non-hydrogen) atoms. The van der Waals surface area contributed by atoms with Crippen molar-refractivity contribution in [3.8, 4) is 5.75 Å². The Morgan fingerprint density at radius 2 is 2.05 bits per heavy atom. The lowest BCUT2D eigenvalue weighted by Crippen LogP contribution is -2.44. The molecule has 0 aliphatic carbocycles. The number of aromatic nitrogens is 2. The van der Waals surface area contributed by atoms with E-state index in [4.69, 9.17) is 4.74 Å². The molecule has 0 spiro atoms. The van der Waals surface area contributed by atoms with Gasteiger partial charge in [-0.25, -0.2) is 0 Å². The monoisotopic (exact) mass is 528 g/mol. The summed E-state index contributed by atoms with van der Waals surface area (Å²) < 4.78 is 5.68. The summed E-state index contributed by atoms with van der Waals surface area (Å²) in [7, 11) is 0. The van der Waals surface area contributed by atoms with Crippen molar-refractivity contribution >= 4 is 17.6 Å². The Bertz CT molecular complexity index is 1270. The number of carboxylic acid groups (broad SMARTS) is 1. The molecule has 204 valence electrons. The molecule has 3 atom stereocenters. The van der Waals surface area contributed by atoms with Crippen molar-refractivity contribution in [1.29, 1.82) is 0 Å². The number of likely N-dealkylation sites (tertiary alicyclic amines) is 1. The fraction of sp³-hybridized carbons (Fsp3) is 0.419. The summed E-state index contributed by atoms with van der Waals surface area (Å²) >= 11 is 0. The highest BCUT2D eigenvalue weighted by molar-refractivity contribution is 5.94. The predicted octanol–water partition coefficient (Wildman–Crippen LogP) is 4.35. The second-order valence-electron chi connectivity index (χ2n) is 10.4. The number of carboxylic acids is 1. The lowest BCUT2D eigenvalue weighted by Gasteiger charge is -2.29. The lowest BCUT2D eigenvalue weighted by molar-refractivity contribution is -0.143. The van der Waals surface area contributed by atoms with Crippen LogP contribution in [0, 0.1) is 5.92 Å². The number of carbonyl (C=O) groups is 2. The molecule has 8 nitrogen and oxygen atoms in total. The zero-order valence-corrected chi connectivity index (χ0v) is 22.4. The molecule has 1 aromatic carbocycles. The van der Waals surface area contributed by atoms with Crippen LogP contribution >= 0.6 is 0 Å². The van der Waals surface area contributed by atoms with Crippen molar-refractivity contribution in [3.05, 3.63) is 83.9 Å². The van der Waals surface area contributed by atoms with Crippen molar-refractivity contribution in [2.45, 2.75) is 51.0 Å². The number of ether oxygens (including phenoxy) is 1.